The van der Waals surface area contributed by atoms with Crippen LogP contribution in [0.3, 0.4) is 0 Å². The lowest BCUT2D eigenvalue weighted by atomic mass is 10.1. The van der Waals surface area contributed by atoms with E-state index >= 15 is 0 Å². The highest BCUT2D eigenvalue weighted by Crippen LogP contribution is 2.09. The molecule has 0 N–H and O–H groups in total. The molecule has 70 valence electrons. The molecule has 0 saturated heterocycles. The average molecular weight is 180 g/mol. The number of hydrogen-bond acceptors (Lipinski definition) is 3. The molecule has 3 nitrogen and oxygen atoms in total. The van der Waals surface area contributed by atoms with Crippen molar-refractivity contribution in [1.82, 2.24) is 0 Å². The third kappa shape index (κ3) is 3.07. The maximum atomic E-state index is 11.1. The summed E-state index contributed by atoms with van der Waals surface area (Å²) < 4.78 is 4.49. The number of hydrogen-bond donors (Lipinski definition) is 0. The first kappa shape index (κ1) is 11.4. The van der Waals surface area contributed by atoms with E-state index in [1.54, 1.807) is 13.0 Å². The molecule has 0 aliphatic heterocycles. The van der Waals surface area contributed by atoms with E-state index in [1.807, 2.05) is 0 Å². The van der Waals surface area contributed by atoms with E-state index in [9.17, 15) is 9.59 Å². The fraction of sp³-hybridized carbons (Fsp3) is 0.200. The molecule has 0 fully saturated rings. The van der Waals surface area contributed by atoms with Crippen molar-refractivity contribution in [2.45, 2.75) is 6.92 Å². The zero-order chi connectivity index (χ0) is 10.3. The second-order valence-corrected chi connectivity index (χ2v) is 2.17. The van der Waals surface area contributed by atoms with Crippen LogP contribution < -0.4 is 0 Å². The minimum atomic E-state index is -0.542. The Bertz CT molecular complexity index is 272. The van der Waals surface area contributed by atoms with Crippen LogP contribution in [0.2, 0.25) is 0 Å². The van der Waals surface area contributed by atoms with Crippen molar-refractivity contribution in [3.63, 3.8) is 0 Å². The predicted octanol–water partition coefficient (Wildman–Crippen LogP) is 1.42. The van der Waals surface area contributed by atoms with Gasteiger partial charge in [0.25, 0.3) is 0 Å². The summed E-state index contributed by atoms with van der Waals surface area (Å²) in [6.07, 6.45) is 5.01. The highest BCUT2D eigenvalue weighted by Gasteiger charge is 2.12. The van der Waals surface area contributed by atoms with Crippen LogP contribution in [0.5, 0.6) is 0 Å². The van der Waals surface area contributed by atoms with E-state index in [-0.39, 0.29) is 5.57 Å². The van der Waals surface area contributed by atoms with Gasteiger partial charge in [0.05, 0.1) is 12.7 Å². The minimum absolute atomic E-state index is 0.218. The van der Waals surface area contributed by atoms with Crippen molar-refractivity contribution in [3.8, 4) is 0 Å². The third-order valence-corrected chi connectivity index (χ3v) is 1.44. The lowest BCUT2D eigenvalue weighted by molar-refractivity contribution is -0.136. The summed E-state index contributed by atoms with van der Waals surface area (Å²) in [4.78, 5) is 21.6. The fourth-order valence-electron chi connectivity index (χ4n) is 0.797. The van der Waals surface area contributed by atoms with Crippen molar-refractivity contribution in [3.05, 3.63) is 36.0 Å². The lowest BCUT2D eigenvalue weighted by Gasteiger charge is -2.02. The highest BCUT2D eigenvalue weighted by atomic mass is 16.5. The van der Waals surface area contributed by atoms with E-state index < -0.39 is 5.97 Å². The van der Waals surface area contributed by atoms with Crippen molar-refractivity contribution in [1.29, 1.82) is 0 Å². The van der Waals surface area contributed by atoms with Gasteiger partial charge in [0.1, 0.15) is 0 Å². The summed E-state index contributed by atoms with van der Waals surface area (Å²) in [5.74, 6) is -0.542. The van der Waals surface area contributed by atoms with E-state index in [0.717, 1.165) is 0 Å². The number of allylic oxidation sites excluding steroid dienone is 3. The van der Waals surface area contributed by atoms with Gasteiger partial charge in [-0.1, -0.05) is 18.7 Å². The zero-order valence-corrected chi connectivity index (χ0v) is 7.74. The van der Waals surface area contributed by atoms with Crippen LogP contribution in [0.4, 0.5) is 0 Å². The Morgan fingerprint density at radius 2 is 2.08 bits per heavy atom. The number of rotatable bonds is 4. The molecule has 3 heteroatoms. The molecule has 0 saturated carbocycles. The van der Waals surface area contributed by atoms with Crippen LogP contribution in [0, 0.1) is 0 Å². The van der Waals surface area contributed by atoms with Gasteiger partial charge in [-0.05, 0) is 13.0 Å². The van der Waals surface area contributed by atoms with Gasteiger partial charge in [-0.2, -0.15) is 0 Å². The summed E-state index contributed by atoms with van der Waals surface area (Å²) in [5, 5.41) is 0. The topological polar surface area (TPSA) is 43.4 Å². The van der Waals surface area contributed by atoms with Crippen molar-refractivity contribution < 1.29 is 14.3 Å². The van der Waals surface area contributed by atoms with Crippen LogP contribution in [0.1, 0.15) is 6.92 Å². The second-order valence-electron chi connectivity index (χ2n) is 2.17. The Hall–Kier alpha value is -1.64. The summed E-state index contributed by atoms with van der Waals surface area (Å²) in [7, 11) is 1.26. The first-order valence-corrected chi connectivity index (χ1v) is 3.74. The van der Waals surface area contributed by atoms with Crippen LogP contribution >= 0.6 is 0 Å². The summed E-state index contributed by atoms with van der Waals surface area (Å²) in [6, 6.07) is 0. The number of methoxy groups -OCH3 is 1. The molecule has 0 radical (unpaired) electrons. The zero-order valence-electron chi connectivity index (χ0n) is 7.74. The quantitative estimate of drug-likeness (QED) is 0.284. The fourth-order valence-corrected chi connectivity index (χ4v) is 0.797. The van der Waals surface area contributed by atoms with Gasteiger partial charge in [-0.25, -0.2) is 4.79 Å². The van der Waals surface area contributed by atoms with Crippen LogP contribution in [-0.2, 0) is 14.3 Å². The lowest BCUT2D eigenvalue weighted by Crippen LogP contribution is -2.07. The smallest absolute Gasteiger partial charge is 0.338 e. The van der Waals surface area contributed by atoms with E-state index in [2.05, 4.69) is 11.3 Å². The van der Waals surface area contributed by atoms with Gasteiger partial charge in [0.2, 0.25) is 0 Å². The van der Waals surface area contributed by atoms with Gasteiger partial charge >= 0.3 is 5.97 Å². The molecule has 0 spiro atoms. The summed E-state index contributed by atoms with van der Waals surface area (Å²) in [6.45, 7) is 5.11. The Morgan fingerprint density at radius 3 is 2.38 bits per heavy atom. The number of carbonyl (C=O) groups excluding carboxylic acids is 2. The van der Waals surface area contributed by atoms with Crippen LogP contribution in [0.25, 0.3) is 0 Å². The number of aldehydes is 1. The summed E-state index contributed by atoms with van der Waals surface area (Å²) in [5.41, 5.74) is 0.516. The normalized spacial score (nSPS) is 12.2. The van der Waals surface area contributed by atoms with Gasteiger partial charge < -0.3 is 4.74 Å². The Balaban J connectivity index is 5.02. The molecule has 0 aromatic rings. The largest absolute Gasteiger partial charge is 0.465 e. The molecule has 0 bridgehead atoms. The molecule has 0 rings (SSSR count). The molecular weight excluding hydrogens is 168 g/mol. The van der Waals surface area contributed by atoms with Gasteiger partial charge in [-0.15, -0.1) is 0 Å². The molecule has 13 heavy (non-hydrogen) atoms. The maximum absolute atomic E-state index is 11.1. The number of esters is 1. The Kier molecular flexibility index (Phi) is 5.19. The number of carbonyl (C=O) groups is 2. The number of ether oxygens (including phenoxy) is 1. The van der Waals surface area contributed by atoms with Gasteiger partial charge in [0.15, 0.2) is 6.29 Å². The average Bonchev–Trinajstić information content (AvgIpc) is 2.17. The SMILES string of the molecule is C=C/C=C(C(=O)OC)\C(C=O)=C/C. The highest BCUT2D eigenvalue weighted by molar-refractivity contribution is 6.02. The predicted molar refractivity (Wildman–Crippen MR) is 50.1 cm³/mol. The molecule has 0 atom stereocenters. The van der Waals surface area contributed by atoms with E-state index in [1.165, 1.54) is 19.3 Å². The molecule has 0 aromatic heterocycles. The molecule has 0 unspecified atom stereocenters. The molecule has 0 amide bonds. The first-order valence-electron chi connectivity index (χ1n) is 3.74. The molecule has 0 heterocycles. The summed E-state index contributed by atoms with van der Waals surface area (Å²) >= 11 is 0. The molecule has 0 aromatic carbocycles. The minimum Gasteiger partial charge on any atom is -0.465 e. The molecular formula is C10H12O3. The second kappa shape index (κ2) is 5.94. The van der Waals surface area contributed by atoms with E-state index in [0.29, 0.717) is 11.9 Å². The maximum Gasteiger partial charge on any atom is 0.338 e. The van der Waals surface area contributed by atoms with Crippen molar-refractivity contribution in [2.75, 3.05) is 7.11 Å². The third-order valence-electron chi connectivity index (χ3n) is 1.44. The van der Waals surface area contributed by atoms with Crippen LogP contribution in [0.15, 0.2) is 36.0 Å². The molecule has 0 aliphatic carbocycles. The van der Waals surface area contributed by atoms with Gasteiger partial charge in [0, 0.05) is 5.57 Å². The monoisotopic (exact) mass is 180 g/mol. The first-order chi connectivity index (χ1) is 6.21. The van der Waals surface area contributed by atoms with Crippen molar-refractivity contribution >= 4 is 12.3 Å². The van der Waals surface area contributed by atoms with E-state index in [4.69, 9.17) is 0 Å². The van der Waals surface area contributed by atoms with Crippen molar-refractivity contribution in [2.24, 2.45) is 0 Å². The Morgan fingerprint density at radius 1 is 1.46 bits per heavy atom. The Labute approximate surface area is 77.4 Å². The molecule has 0 aliphatic rings. The standard InChI is InChI=1S/C10H12O3/c1-4-6-9(10(12)13-3)8(5-2)7-11/h4-7H,1H2,2-3H3/b8-5-,9-6+. The van der Waals surface area contributed by atoms with Gasteiger partial charge in [-0.3, -0.25) is 4.79 Å². The van der Waals surface area contributed by atoms with Crippen LogP contribution in [-0.4, -0.2) is 19.4 Å².